The Morgan fingerprint density at radius 1 is 1.39 bits per heavy atom. The zero-order chi connectivity index (χ0) is 12.9. The van der Waals surface area contributed by atoms with E-state index in [0.29, 0.717) is 17.4 Å². The Kier molecular flexibility index (Phi) is 7.13. The van der Waals surface area contributed by atoms with Crippen molar-refractivity contribution in [3.05, 3.63) is 12.7 Å². The van der Waals surface area contributed by atoms with Gasteiger partial charge in [-0.05, 0) is 6.92 Å². The molecule has 0 bridgehead atoms. The number of likely N-dealkylation sites (N-methyl/N-ethyl adjacent to an activating group) is 1. The van der Waals surface area contributed by atoms with Gasteiger partial charge in [0.1, 0.15) is 0 Å². The summed E-state index contributed by atoms with van der Waals surface area (Å²) in [5.41, 5.74) is 5.12. The van der Waals surface area contributed by atoms with Crippen LogP contribution >= 0.6 is 0 Å². The third-order valence-electron chi connectivity index (χ3n) is 3.61. The van der Waals surface area contributed by atoms with Crippen molar-refractivity contribution >= 4 is 11.8 Å². The summed E-state index contributed by atoms with van der Waals surface area (Å²) >= 11 is 0. The Morgan fingerprint density at radius 2 is 1.94 bits per heavy atom. The van der Waals surface area contributed by atoms with Gasteiger partial charge in [0.05, 0.1) is 19.6 Å². The lowest BCUT2D eigenvalue weighted by molar-refractivity contribution is -0.855. The topological polar surface area (TPSA) is 63.4 Å². The molecule has 1 fully saturated rings. The van der Waals surface area contributed by atoms with Crippen LogP contribution in [0, 0.1) is 0 Å². The fourth-order valence-electron chi connectivity index (χ4n) is 2.27. The third-order valence-corrected chi connectivity index (χ3v) is 3.61. The number of carbonyl (C=O) groups is 2. The van der Waals surface area contributed by atoms with Gasteiger partial charge in [-0.1, -0.05) is 6.58 Å². The quantitative estimate of drug-likeness (QED) is 0.423. The molecule has 2 amide bonds. The van der Waals surface area contributed by atoms with E-state index in [1.807, 2.05) is 6.92 Å². The van der Waals surface area contributed by atoms with Crippen molar-refractivity contribution in [3.63, 3.8) is 0 Å². The summed E-state index contributed by atoms with van der Waals surface area (Å²) in [4.78, 5) is 24.7. The second-order valence-electron chi connectivity index (χ2n) is 4.51. The first-order chi connectivity index (χ1) is 8.04. The van der Waals surface area contributed by atoms with Gasteiger partial charge in [-0.2, -0.15) is 0 Å². The number of quaternary nitrogens is 1. The highest BCUT2D eigenvalue weighted by Gasteiger charge is 2.36. The maximum atomic E-state index is 11.9. The van der Waals surface area contributed by atoms with Crippen LogP contribution in [0.25, 0.3) is 0 Å². The van der Waals surface area contributed by atoms with Crippen molar-refractivity contribution < 1.29 is 26.5 Å². The number of piperazine rings is 1. The van der Waals surface area contributed by atoms with Crippen LogP contribution in [0.5, 0.6) is 0 Å². The fraction of sp³-hybridized carbons (Fsp3) is 0.667. The van der Waals surface area contributed by atoms with E-state index in [4.69, 9.17) is 5.73 Å². The molecule has 6 heteroatoms. The first-order valence-corrected chi connectivity index (χ1v) is 6.08. The van der Waals surface area contributed by atoms with E-state index in [9.17, 15) is 9.59 Å². The Morgan fingerprint density at radius 3 is 2.33 bits per heavy atom. The molecule has 0 aromatic rings. The fourth-order valence-corrected chi connectivity index (χ4v) is 2.27. The van der Waals surface area contributed by atoms with Crippen molar-refractivity contribution in [2.24, 2.45) is 5.73 Å². The molecular formula is C12H22ClN3O2. The number of nitrogens with zero attached hydrogens (tertiary/aromatic N) is 2. The molecule has 0 aromatic heterocycles. The highest BCUT2D eigenvalue weighted by Crippen LogP contribution is 2.14. The summed E-state index contributed by atoms with van der Waals surface area (Å²) in [5, 5.41) is 0. The van der Waals surface area contributed by atoms with Crippen molar-refractivity contribution in [3.8, 4) is 0 Å². The van der Waals surface area contributed by atoms with E-state index < -0.39 is 0 Å². The molecule has 0 aliphatic carbocycles. The summed E-state index contributed by atoms with van der Waals surface area (Å²) in [6, 6.07) is 0. The van der Waals surface area contributed by atoms with Crippen LogP contribution in [0.1, 0.15) is 13.3 Å². The van der Waals surface area contributed by atoms with Crippen LogP contribution in [0.15, 0.2) is 12.7 Å². The molecule has 1 saturated heterocycles. The minimum Gasteiger partial charge on any atom is -1.00 e. The van der Waals surface area contributed by atoms with E-state index in [1.165, 1.54) is 6.08 Å². The molecule has 0 atom stereocenters. The summed E-state index contributed by atoms with van der Waals surface area (Å²) in [6.07, 6.45) is 1.81. The van der Waals surface area contributed by atoms with Crippen LogP contribution in [0.2, 0.25) is 0 Å². The second kappa shape index (κ2) is 7.51. The number of hydrogen-bond acceptors (Lipinski definition) is 3. The minimum atomic E-state index is -0.269. The van der Waals surface area contributed by atoms with Gasteiger partial charge in [-0.15, -0.1) is 0 Å². The molecule has 0 saturated carbocycles. The van der Waals surface area contributed by atoms with Crippen molar-refractivity contribution in [2.75, 3.05) is 39.3 Å². The SMILES string of the molecule is C=CC(=O)[N+]1(CC)CCN(CCC(N)=O)CC1.[Cl-]. The Bertz CT molecular complexity index is 312. The third kappa shape index (κ3) is 4.08. The van der Waals surface area contributed by atoms with Crippen molar-refractivity contribution in [1.82, 2.24) is 4.90 Å². The molecule has 0 spiro atoms. The van der Waals surface area contributed by atoms with E-state index in [2.05, 4.69) is 11.5 Å². The molecule has 5 nitrogen and oxygen atoms in total. The molecule has 18 heavy (non-hydrogen) atoms. The lowest BCUT2D eigenvalue weighted by Gasteiger charge is -2.41. The largest absolute Gasteiger partial charge is 1.00 e. The minimum absolute atomic E-state index is 0. The van der Waals surface area contributed by atoms with E-state index in [-0.39, 0.29) is 24.2 Å². The van der Waals surface area contributed by atoms with Crippen LogP contribution < -0.4 is 18.1 Å². The highest BCUT2D eigenvalue weighted by molar-refractivity contribution is 5.80. The average molecular weight is 276 g/mol. The summed E-state index contributed by atoms with van der Waals surface area (Å²) in [7, 11) is 0. The van der Waals surface area contributed by atoms with Gasteiger partial charge in [0.25, 0.3) is 0 Å². The average Bonchev–Trinajstić information content (AvgIpc) is 2.36. The van der Waals surface area contributed by atoms with E-state index in [1.54, 1.807) is 0 Å². The van der Waals surface area contributed by atoms with Crippen molar-refractivity contribution in [1.29, 1.82) is 0 Å². The van der Waals surface area contributed by atoms with Gasteiger partial charge in [-0.25, -0.2) is 4.79 Å². The number of hydrogen-bond donors (Lipinski definition) is 1. The standard InChI is InChI=1S/C12H21N3O2.ClH/c1-3-12(17)15(4-2)9-7-14(8-10-15)6-5-11(13)16;/h3H,1,4-10H2,2H3,(H-,13,16);1H. The van der Waals surface area contributed by atoms with Crippen LogP contribution in [-0.2, 0) is 9.59 Å². The summed E-state index contributed by atoms with van der Waals surface area (Å²) in [6.45, 7) is 10.3. The van der Waals surface area contributed by atoms with Gasteiger partial charge in [0, 0.05) is 32.1 Å². The normalized spacial score (nSPS) is 18.7. The van der Waals surface area contributed by atoms with E-state index >= 15 is 0 Å². The lowest BCUT2D eigenvalue weighted by atomic mass is 10.2. The highest BCUT2D eigenvalue weighted by atomic mass is 35.5. The first kappa shape index (κ1) is 17.1. The maximum absolute atomic E-state index is 11.9. The number of nitrogens with two attached hydrogens (primary N) is 1. The smallest absolute Gasteiger partial charge is 0.338 e. The zero-order valence-electron chi connectivity index (χ0n) is 10.9. The monoisotopic (exact) mass is 275 g/mol. The molecule has 0 unspecified atom stereocenters. The van der Waals surface area contributed by atoms with Crippen LogP contribution in [-0.4, -0.2) is 60.5 Å². The molecule has 0 radical (unpaired) electrons. The van der Waals surface area contributed by atoms with Crippen LogP contribution in [0.3, 0.4) is 0 Å². The van der Waals surface area contributed by atoms with Gasteiger partial charge in [0.2, 0.25) is 5.91 Å². The van der Waals surface area contributed by atoms with Gasteiger partial charge in [-0.3, -0.25) is 14.2 Å². The van der Waals surface area contributed by atoms with Crippen LogP contribution in [0.4, 0.5) is 0 Å². The number of carbonyl (C=O) groups excluding carboxylic acids is 2. The number of amides is 2. The molecule has 1 heterocycles. The van der Waals surface area contributed by atoms with Gasteiger partial charge in [0.15, 0.2) is 0 Å². The summed E-state index contributed by atoms with van der Waals surface area (Å²) in [5.74, 6) is -0.170. The molecule has 0 aromatic carbocycles. The Hall–Kier alpha value is -0.910. The molecule has 1 aliphatic heterocycles. The van der Waals surface area contributed by atoms with Gasteiger partial charge >= 0.3 is 5.91 Å². The predicted molar refractivity (Wildman–Crippen MR) is 66.0 cm³/mol. The molecular weight excluding hydrogens is 254 g/mol. The molecule has 1 rings (SSSR count). The first-order valence-electron chi connectivity index (χ1n) is 6.08. The van der Waals surface area contributed by atoms with Gasteiger partial charge < -0.3 is 18.1 Å². The Labute approximate surface area is 115 Å². The predicted octanol–water partition coefficient (Wildman–Crippen LogP) is -3.27. The number of primary amides is 1. The van der Waals surface area contributed by atoms with Crippen molar-refractivity contribution in [2.45, 2.75) is 13.3 Å². The lowest BCUT2D eigenvalue weighted by Crippen LogP contribution is -3.00. The second-order valence-corrected chi connectivity index (χ2v) is 4.51. The molecule has 1 aliphatic rings. The maximum Gasteiger partial charge on any atom is 0.338 e. The zero-order valence-corrected chi connectivity index (χ0v) is 11.7. The molecule has 2 N–H and O–H groups in total. The Balaban J connectivity index is 0.00000289. The molecule has 104 valence electrons. The van der Waals surface area contributed by atoms with E-state index in [0.717, 1.165) is 32.7 Å². The number of rotatable bonds is 5. The summed E-state index contributed by atoms with van der Waals surface area (Å²) < 4.78 is 0.483. The number of halogens is 1.